The van der Waals surface area contributed by atoms with Gasteiger partial charge < -0.3 is 30.5 Å². The summed E-state index contributed by atoms with van der Waals surface area (Å²) >= 11 is 0. The van der Waals surface area contributed by atoms with Crippen molar-refractivity contribution in [2.75, 3.05) is 76.5 Å². The molecule has 1 amide bonds. The van der Waals surface area contributed by atoms with Crippen molar-refractivity contribution in [3.05, 3.63) is 59.9 Å². The molecule has 1 fully saturated rings. The predicted octanol–water partition coefficient (Wildman–Crippen LogP) is 1.61. The Morgan fingerprint density at radius 3 is 2.62 bits per heavy atom. The molecular weight excluding hydrogens is 550 g/mol. The number of benzene rings is 2. The van der Waals surface area contributed by atoms with Gasteiger partial charge in [-0.2, -0.15) is 5.10 Å². The third kappa shape index (κ3) is 6.61. The van der Waals surface area contributed by atoms with E-state index in [1.54, 1.807) is 12.1 Å². The van der Waals surface area contributed by atoms with Gasteiger partial charge in [0.05, 0.1) is 44.2 Å². The standard InChI is InChI=1S/C28H34F2N8O4/c1-41-24-13-20-22(14-25(24)42-12-10-36-7-5-35(6-8-36)9-11-39)32-18-38(23-4-2-3-21(29)27(23)30)28(20)34-19-15-33-37(16-19)17-26(31)40/h2-4,13-16,32,39H,5-12,17-18H2,1H3,(H2,31,40). The first-order valence-electron chi connectivity index (χ1n) is 13.6. The highest BCUT2D eigenvalue weighted by atomic mass is 19.2. The van der Waals surface area contributed by atoms with Crippen molar-refractivity contribution >= 4 is 28.8 Å². The van der Waals surface area contributed by atoms with Crippen LogP contribution in [0.5, 0.6) is 11.5 Å². The van der Waals surface area contributed by atoms with Crippen molar-refractivity contribution < 1.29 is 28.2 Å². The summed E-state index contributed by atoms with van der Waals surface area (Å²) in [6.45, 7) is 5.58. The van der Waals surface area contributed by atoms with E-state index in [2.05, 4.69) is 20.2 Å². The van der Waals surface area contributed by atoms with Crippen molar-refractivity contribution in [1.82, 2.24) is 19.6 Å². The summed E-state index contributed by atoms with van der Waals surface area (Å²) in [7, 11) is 1.53. The molecule has 12 nitrogen and oxygen atoms in total. The number of carbonyl (C=O) groups excluding carboxylic acids is 1. The Kier molecular flexibility index (Phi) is 9.15. The van der Waals surface area contributed by atoms with E-state index in [4.69, 9.17) is 25.3 Å². The van der Waals surface area contributed by atoms with E-state index in [9.17, 15) is 13.6 Å². The number of hydrogen-bond acceptors (Lipinski definition) is 9. The molecule has 42 heavy (non-hydrogen) atoms. The van der Waals surface area contributed by atoms with Crippen LogP contribution in [-0.2, 0) is 11.3 Å². The minimum absolute atomic E-state index is 0.00481. The molecule has 5 rings (SSSR count). The molecule has 0 saturated carbocycles. The Labute approximate surface area is 241 Å². The largest absolute Gasteiger partial charge is 0.493 e. The number of aliphatic hydroxyl groups is 1. The van der Waals surface area contributed by atoms with Crippen LogP contribution < -0.4 is 25.4 Å². The molecule has 2 aromatic carbocycles. The van der Waals surface area contributed by atoms with E-state index in [-0.39, 0.29) is 25.5 Å². The first-order valence-corrected chi connectivity index (χ1v) is 13.6. The molecule has 2 aliphatic heterocycles. The van der Waals surface area contributed by atoms with Gasteiger partial charge in [0.15, 0.2) is 23.1 Å². The van der Waals surface area contributed by atoms with Crippen LogP contribution in [0.15, 0.2) is 47.7 Å². The number of halogens is 2. The van der Waals surface area contributed by atoms with Gasteiger partial charge in [-0.05, 0) is 18.2 Å². The number of piperazine rings is 1. The topological polar surface area (TPSA) is 134 Å². The van der Waals surface area contributed by atoms with E-state index in [0.29, 0.717) is 47.4 Å². The maximum Gasteiger partial charge on any atom is 0.239 e. The predicted molar refractivity (Wildman–Crippen MR) is 153 cm³/mol. The number of aromatic nitrogens is 2. The lowest BCUT2D eigenvalue weighted by atomic mass is 10.1. The van der Waals surface area contributed by atoms with E-state index in [0.717, 1.165) is 38.8 Å². The number of aliphatic hydroxyl groups excluding tert-OH is 1. The van der Waals surface area contributed by atoms with Gasteiger partial charge >= 0.3 is 0 Å². The number of nitrogens with two attached hydrogens (primary N) is 1. The van der Waals surface area contributed by atoms with E-state index >= 15 is 0 Å². The maximum absolute atomic E-state index is 15.0. The number of methoxy groups -OCH3 is 1. The Morgan fingerprint density at radius 1 is 1.14 bits per heavy atom. The third-order valence-corrected chi connectivity index (χ3v) is 7.17. The molecule has 1 aromatic heterocycles. The number of ether oxygens (including phenoxy) is 2. The summed E-state index contributed by atoms with van der Waals surface area (Å²) in [4.78, 5) is 22.1. The van der Waals surface area contributed by atoms with Crippen molar-refractivity contribution in [1.29, 1.82) is 0 Å². The van der Waals surface area contributed by atoms with Crippen molar-refractivity contribution in [3.8, 4) is 11.5 Å². The Morgan fingerprint density at radius 2 is 1.90 bits per heavy atom. The number of rotatable bonds is 11. The summed E-state index contributed by atoms with van der Waals surface area (Å²) in [5, 5.41) is 16.5. The number of nitrogens with zero attached hydrogens (tertiary/aromatic N) is 6. The van der Waals surface area contributed by atoms with E-state index < -0.39 is 17.5 Å². The summed E-state index contributed by atoms with van der Waals surface area (Å²) in [6.07, 6.45) is 2.99. The van der Waals surface area contributed by atoms with Gasteiger partial charge in [0.25, 0.3) is 0 Å². The Hall–Kier alpha value is -4.27. The maximum atomic E-state index is 15.0. The fraction of sp³-hybridized carbons (Fsp3) is 0.393. The number of primary amides is 1. The molecule has 0 unspecified atom stereocenters. The van der Waals surface area contributed by atoms with Crippen LogP contribution in [0.25, 0.3) is 0 Å². The van der Waals surface area contributed by atoms with Crippen LogP contribution in [0.4, 0.5) is 25.8 Å². The molecule has 0 aliphatic carbocycles. The second-order valence-corrected chi connectivity index (χ2v) is 9.94. The molecule has 3 heterocycles. The molecule has 0 bridgehead atoms. The minimum atomic E-state index is -1.01. The van der Waals surface area contributed by atoms with Crippen molar-refractivity contribution in [2.45, 2.75) is 6.54 Å². The van der Waals surface area contributed by atoms with E-state index in [1.165, 1.54) is 41.2 Å². The zero-order valence-corrected chi connectivity index (χ0v) is 23.3. The Balaban J connectivity index is 1.41. The first-order chi connectivity index (χ1) is 20.4. The van der Waals surface area contributed by atoms with Gasteiger partial charge in [0.1, 0.15) is 24.7 Å². The van der Waals surface area contributed by atoms with Gasteiger partial charge in [0.2, 0.25) is 5.91 Å². The highest BCUT2D eigenvalue weighted by molar-refractivity contribution is 6.16. The molecule has 3 aromatic rings. The molecule has 0 atom stereocenters. The van der Waals surface area contributed by atoms with Crippen LogP contribution in [0, 0.1) is 11.6 Å². The minimum Gasteiger partial charge on any atom is -0.493 e. The lowest BCUT2D eigenvalue weighted by molar-refractivity contribution is -0.118. The molecular formula is C28H34F2N8O4. The third-order valence-electron chi connectivity index (χ3n) is 7.17. The normalized spacial score (nSPS) is 16.8. The number of amidine groups is 1. The number of fused-ring (bicyclic) bond motifs is 1. The lowest BCUT2D eigenvalue weighted by Gasteiger charge is -2.34. The number of hydrogen-bond donors (Lipinski definition) is 3. The van der Waals surface area contributed by atoms with Crippen molar-refractivity contribution in [3.63, 3.8) is 0 Å². The average molecular weight is 585 g/mol. The van der Waals surface area contributed by atoms with Crippen LogP contribution >= 0.6 is 0 Å². The number of carbonyl (C=O) groups is 1. The second kappa shape index (κ2) is 13.1. The second-order valence-electron chi connectivity index (χ2n) is 9.94. The van der Waals surface area contributed by atoms with Gasteiger partial charge in [-0.3, -0.25) is 19.3 Å². The number of aliphatic imine (C=N–C) groups is 1. The average Bonchev–Trinajstić information content (AvgIpc) is 3.41. The fourth-order valence-corrected chi connectivity index (χ4v) is 5.01. The van der Waals surface area contributed by atoms with Gasteiger partial charge in [-0.25, -0.2) is 13.8 Å². The molecule has 224 valence electrons. The number of β-amino-alcohol motifs (C(OH)–C–C–N with tert-alkyl or cyclic N) is 1. The zero-order chi connectivity index (χ0) is 29.6. The molecule has 1 saturated heterocycles. The fourth-order valence-electron chi connectivity index (χ4n) is 5.01. The van der Waals surface area contributed by atoms with Crippen LogP contribution in [0.2, 0.25) is 0 Å². The molecule has 2 aliphatic rings. The Bertz CT molecular complexity index is 1440. The molecule has 0 spiro atoms. The van der Waals surface area contributed by atoms with Gasteiger partial charge in [0, 0.05) is 50.9 Å². The molecule has 0 radical (unpaired) electrons. The number of amides is 1. The van der Waals surface area contributed by atoms with Crippen LogP contribution in [-0.4, -0.2) is 103 Å². The SMILES string of the molecule is COc1cc2c(cc1OCCN1CCN(CCO)CC1)NCN(c1cccc(F)c1F)C2=Nc1cnn(CC(N)=O)c1. The van der Waals surface area contributed by atoms with Crippen molar-refractivity contribution in [2.24, 2.45) is 10.7 Å². The quantitative estimate of drug-likeness (QED) is 0.307. The molecule has 14 heteroatoms. The lowest BCUT2D eigenvalue weighted by Crippen LogP contribution is -2.48. The summed E-state index contributed by atoms with van der Waals surface area (Å²) in [6, 6.07) is 7.49. The summed E-state index contributed by atoms with van der Waals surface area (Å²) in [5.41, 5.74) is 6.90. The first kappa shape index (κ1) is 29.2. The highest BCUT2D eigenvalue weighted by Gasteiger charge is 2.29. The van der Waals surface area contributed by atoms with Gasteiger partial charge in [-0.15, -0.1) is 0 Å². The van der Waals surface area contributed by atoms with Gasteiger partial charge in [-0.1, -0.05) is 6.07 Å². The summed E-state index contributed by atoms with van der Waals surface area (Å²) < 4.78 is 42.3. The van der Waals surface area contributed by atoms with Crippen LogP contribution in [0.1, 0.15) is 5.56 Å². The summed E-state index contributed by atoms with van der Waals surface area (Å²) in [5.74, 6) is -1.26. The number of nitrogens with one attached hydrogen (secondary N) is 1. The van der Waals surface area contributed by atoms with E-state index in [1.807, 2.05) is 0 Å². The highest BCUT2D eigenvalue weighted by Crippen LogP contribution is 2.38. The number of anilines is 2. The smallest absolute Gasteiger partial charge is 0.239 e. The zero-order valence-electron chi connectivity index (χ0n) is 23.3. The molecule has 4 N–H and O–H groups in total. The van der Waals surface area contributed by atoms with Crippen LogP contribution in [0.3, 0.4) is 0 Å². The monoisotopic (exact) mass is 584 g/mol.